The molecule has 1 atom stereocenters. The van der Waals surface area contributed by atoms with Crippen molar-refractivity contribution in [1.82, 2.24) is 9.80 Å². The highest BCUT2D eigenvalue weighted by Gasteiger charge is 2.17. The highest BCUT2D eigenvalue weighted by atomic mass is 15.1. The first kappa shape index (κ1) is 16.3. The first-order chi connectivity index (χ1) is 10.2. The van der Waals surface area contributed by atoms with E-state index >= 15 is 0 Å². The molecule has 118 valence electrons. The molecule has 1 unspecified atom stereocenters. The number of benzene rings is 1. The molecule has 1 aromatic rings. The third-order valence-electron chi connectivity index (χ3n) is 4.61. The number of hydrogen-bond acceptors (Lipinski definition) is 3. The number of nitrogens with zero attached hydrogens (tertiary/aromatic N) is 2. The van der Waals surface area contributed by atoms with Gasteiger partial charge in [0.25, 0.3) is 0 Å². The summed E-state index contributed by atoms with van der Waals surface area (Å²) in [5.74, 6) is 0.783. The Labute approximate surface area is 130 Å². The average molecular weight is 289 g/mol. The number of piperidine rings is 1. The summed E-state index contributed by atoms with van der Waals surface area (Å²) in [5, 5.41) is 3.70. The topological polar surface area (TPSA) is 18.5 Å². The molecule has 1 aromatic carbocycles. The number of likely N-dealkylation sites (tertiary alicyclic amines) is 1. The molecular formula is C18H31N3. The van der Waals surface area contributed by atoms with Crippen LogP contribution in [0.1, 0.15) is 32.3 Å². The van der Waals surface area contributed by atoms with Crippen molar-refractivity contribution < 1.29 is 0 Å². The van der Waals surface area contributed by atoms with Crippen molar-refractivity contribution in [2.45, 2.75) is 33.2 Å². The van der Waals surface area contributed by atoms with Gasteiger partial charge in [0.15, 0.2) is 0 Å². The van der Waals surface area contributed by atoms with Gasteiger partial charge in [0, 0.05) is 25.3 Å². The summed E-state index contributed by atoms with van der Waals surface area (Å²) < 4.78 is 0. The van der Waals surface area contributed by atoms with Gasteiger partial charge in [-0.15, -0.1) is 0 Å². The quantitative estimate of drug-likeness (QED) is 0.831. The molecule has 1 aliphatic rings. The first-order valence-electron chi connectivity index (χ1n) is 8.45. The molecule has 2 rings (SSSR count). The number of hydrogen-bond donors (Lipinski definition) is 1. The summed E-state index contributed by atoms with van der Waals surface area (Å²) in [7, 11) is 2.24. The van der Waals surface area contributed by atoms with Gasteiger partial charge in [-0.05, 0) is 57.1 Å². The van der Waals surface area contributed by atoms with Gasteiger partial charge >= 0.3 is 0 Å². The molecule has 1 aliphatic heterocycles. The van der Waals surface area contributed by atoms with Gasteiger partial charge in [0.2, 0.25) is 0 Å². The second kappa shape index (κ2) is 8.40. The highest BCUT2D eigenvalue weighted by Crippen LogP contribution is 2.20. The van der Waals surface area contributed by atoms with E-state index in [0.29, 0.717) is 0 Å². The SMILES string of the molecule is CCN(CC)Cc1ccccc1NCC1CCCN(C)C1. The van der Waals surface area contributed by atoms with E-state index in [0.717, 1.165) is 32.1 Å². The standard InChI is InChI=1S/C18H31N3/c1-4-21(5-2)15-17-10-6-7-11-18(17)19-13-16-9-8-12-20(3)14-16/h6-7,10-11,16,19H,4-5,8-9,12-15H2,1-3H3. The molecule has 21 heavy (non-hydrogen) atoms. The van der Waals surface area contributed by atoms with E-state index in [-0.39, 0.29) is 0 Å². The molecule has 0 aliphatic carbocycles. The Morgan fingerprint density at radius 3 is 2.71 bits per heavy atom. The van der Waals surface area contributed by atoms with Gasteiger partial charge in [0.05, 0.1) is 0 Å². The largest absolute Gasteiger partial charge is 0.384 e. The van der Waals surface area contributed by atoms with Gasteiger partial charge in [-0.2, -0.15) is 0 Å². The van der Waals surface area contributed by atoms with Gasteiger partial charge in [-0.3, -0.25) is 4.90 Å². The Balaban J connectivity index is 1.93. The van der Waals surface area contributed by atoms with Crippen LogP contribution in [0.4, 0.5) is 5.69 Å². The fourth-order valence-electron chi connectivity index (χ4n) is 3.21. The summed E-state index contributed by atoms with van der Waals surface area (Å²) in [6, 6.07) is 8.78. The number of rotatable bonds is 7. The lowest BCUT2D eigenvalue weighted by Crippen LogP contribution is -2.35. The van der Waals surface area contributed by atoms with Crippen LogP contribution < -0.4 is 5.32 Å². The van der Waals surface area contributed by atoms with E-state index in [2.05, 4.69) is 60.3 Å². The van der Waals surface area contributed by atoms with Crippen LogP contribution in [0.3, 0.4) is 0 Å². The lowest BCUT2D eigenvalue weighted by Gasteiger charge is -2.30. The Bertz CT molecular complexity index is 415. The summed E-state index contributed by atoms with van der Waals surface area (Å²) in [6.07, 6.45) is 2.69. The Hall–Kier alpha value is -1.06. The average Bonchev–Trinajstić information content (AvgIpc) is 2.51. The van der Waals surface area contributed by atoms with Crippen LogP contribution in [0, 0.1) is 5.92 Å². The van der Waals surface area contributed by atoms with Crippen molar-refractivity contribution in [3.05, 3.63) is 29.8 Å². The van der Waals surface area contributed by atoms with Crippen LogP contribution in [-0.4, -0.2) is 49.6 Å². The zero-order chi connectivity index (χ0) is 15.1. The summed E-state index contributed by atoms with van der Waals surface area (Å²) in [6.45, 7) is 11.3. The maximum atomic E-state index is 3.70. The molecule has 3 nitrogen and oxygen atoms in total. The minimum atomic E-state index is 0.783. The van der Waals surface area contributed by atoms with Crippen LogP contribution in [0.5, 0.6) is 0 Å². The van der Waals surface area contributed by atoms with Crippen molar-refractivity contribution in [1.29, 1.82) is 0 Å². The summed E-state index contributed by atoms with van der Waals surface area (Å²) >= 11 is 0. The van der Waals surface area contributed by atoms with E-state index in [1.165, 1.54) is 37.2 Å². The Morgan fingerprint density at radius 2 is 2.00 bits per heavy atom. The van der Waals surface area contributed by atoms with E-state index < -0.39 is 0 Å². The highest BCUT2D eigenvalue weighted by molar-refractivity contribution is 5.51. The fraction of sp³-hybridized carbons (Fsp3) is 0.667. The molecule has 1 saturated heterocycles. The molecule has 1 fully saturated rings. The van der Waals surface area contributed by atoms with E-state index in [1.54, 1.807) is 0 Å². The van der Waals surface area contributed by atoms with Gasteiger partial charge < -0.3 is 10.2 Å². The normalized spacial score (nSPS) is 19.9. The van der Waals surface area contributed by atoms with Crippen LogP contribution in [0.2, 0.25) is 0 Å². The summed E-state index contributed by atoms with van der Waals surface area (Å²) in [4.78, 5) is 4.92. The van der Waals surface area contributed by atoms with Crippen LogP contribution in [0.25, 0.3) is 0 Å². The maximum absolute atomic E-state index is 3.70. The molecule has 0 radical (unpaired) electrons. The van der Waals surface area contributed by atoms with Crippen LogP contribution in [-0.2, 0) is 6.54 Å². The Morgan fingerprint density at radius 1 is 1.24 bits per heavy atom. The number of para-hydroxylation sites is 1. The van der Waals surface area contributed by atoms with E-state index in [1.807, 2.05) is 0 Å². The van der Waals surface area contributed by atoms with Crippen molar-refractivity contribution in [3.63, 3.8) is 0 Å². The third kappa shape index (κ3) is 5.01. The van der Waals surface area contributed by atoms with Crippen LogP contribution in [0.15, 0.2) is 24.3 Å². The predicted octanol–water partition coefficient (Wildman–Crippen LogP) is 3.28. The van der Waals surface area contributed by atoms with Crippen molar-refractivity contribution >= 4 is 5.69 Å². The summed E-state index contributed by atoms with van der Waals surface area (Å²) in [5.41, 5.74) is 2.74. The molecule has 0 saturated carbocycles. The van der Waals surface area contributed by atoms with E-state index in [9.17, 15) is 0 Å². The van der Waals surface area contributed by atoms with Gasteiger partial charge in [-0.25, -0.2) is 0 Å². The lowest BCUT2D eigenvalue weighted by molar-refractivity contribution is 0.217. The second-order valence-electron chi connectivity index (χ2n) is 6.27. The van der Waals surface area contributed by atoms with E-state index in [4.69, 9.17) is 0 Å². The zero-order valence-electron chi connectivity index (χ0n) is 13.9. The molecule has 0 amide bonds. The van der Waals surface area contributed by atoms with Crippen molar-refractivity contribution in [3.8, 4) is 0 Å². The molecule has 0 spiro atoms. The first-order valence-corrected chi connectivity index (χ1v) is 8.45. The van der Waals surface area contributed by atoms with Crippen molar-refractivity contribution in [2.24, 2.45) is 5.92 Å². The minimum absolute atomic E-state index is 0.783. The van der Waals surface area contributed by atoms with Crippen LogP contribution >= 0.6 is 0 Å². The predicted molar refractivity (Wildman–Crippen MR) is 91.8 cm³/mol. The smallest absolute Gasteiger partial charge is 0.0385 e. The molecular weight excluding hydrogens is 258 g/mol. The number of nitrogens with one attached hydrogen (secondary N) is 1. The van der Waals surface area contributed by atoms with Gasteiger partial charge in [-0.1, -0.05) is 32.0 Å². The van der Waals surface area contributed by atoms with Crippen molar-refractivity contribution in [2.75, 3.05) is 45.1 Å². The zero-order valence-corrected chi connectivity index (χ0v) is 13.9. The third-order valence-corrected chi connectivity index (χ3v) is 4.61. The minimum Gasteiger partial charge on any atom is -0.384 e. The molecule has 3 heteroatoms. The van der Waals surface area contributed by atoms with Gasteiger partial charge in [0.1, 0.15) is 0 Å². The maximum Gasteiger partial charge on any atom is 0.0385 e. The Kier molecular flexibility index (Phi) is 6.52. The second-order valence-corrected chi connectivity index (χ2v) is 6.27. The molecule has 0 aromatic heterocycles. The molecule has 1 heterocycles. The fourth-order valence-corrected chi connectivity index (χ4v) is 3.21. The molecule has 0 bridgehead atoms. The molecule has 1 N–H and O–H groups in total. The lowest BCUT2D eigenvalue weighted by atomic mass is 9.98. The monoisotopic (exact) mass is 289 g/mol. The number of anilines is 1.